The molecule has 2 rings (SSSR count). The summed E-state index contributed by atoms with van der Waals surface area (Å²) in [5.74, 6) is -0.124. The predicted octanol–water partition coefficient (Wildman–Crippen LogP) is 2.78. The fraction of sp³-hybridized carbons (Fsp3) is 0.750. The Kier molecular flexibility index (Phi) is 4.23. The summed E-state index contributed by atoms with van der Waals surface area (Å²) in [6.07, 6.45) is 7.32. The molecule has 4 heteroatoms. The lowest BCUT2D eigenvalue weighted by atomic mass is 9.51. The van der Waals surface area contributed by atoms with E-state index in [1.807, 2.05) is 0 Å². The zero-order valence-electron chi connectivity index (χ0n) is 11.7. The fourth-order valence-electron chi connectivity index (χ4n) is 4.09. The van der Waals surface area contributed by atoms with Gasteiger partial charge in [-0.25, -0.2) is 0 Å². The third-order valence-electron chi connectivity index (χ3n) is 5.47. The van der Waals surface area contributed by atoms with Crippen LogP contribution in [0, 0.1) is 45.3 Å². The first kappa shape index (κ1) is 14.7. The number of carbonyl (C=O) groups excluding carboxylic acids is 2. The van der Waals surface area contributed by atoms with E-state index in [0.717, 1.165) is 25.4 Å². The van der Waals surface area contributed by atoms with Crippen LogP contribution in [-0.2, 0) is 9.59 Å². The molecule has 4 nitrogen and oxygen atoms in total. The van der Waals surface area contributed by atoms with Crippen LogP contribution in [0.25, 0.3) is 0 Å². The number of carbonyl (C=O) groups is 2. The summed E-state index contributed by atoms with van der Waals surface area (Å²) in [5.41, 5.74) is -1.34. The van der Waals surface area contributed by atoms with E-state index in [1.54, 1.807) is 0 Å². The Morgan fingerprint density at radius 2 is 1.45 bits per heavy atom. The van der Waals surface area contributed by atoms with E-state index in [4.69, 9.17) is 10.5 Å². The van der Waals surface area contributed by atoms with Crippen LogP contribution >= 0.6 is 0 Å². The average Bonchev–Trinajstić information content (AvgIpc) is 2.54. The highest BCUT2D eigenvalue weighted by Crippen LogP contribution is 2.56. The molecule has 106 valence electrons. The van der Waals surface area contributed by atoms with E-state index in [2.05, 4.69) is 12.1 Å². The molecule has 0 radical (unpaired) electrons. The molecule has 2 saturated carbocycles. The van der Waals surface area contributed by atoms with Gasteiger partial charge in [0.15, 0.2) is 0 Å². The molecule has 0 aromatic rings. The highest BCUT2D eigenvalue weighted by atomic mass is 16.1. The highest BCUT2D eigenvalue weighted by Gasteiger charge is 2.54. The zero-order chi connectivity index (χ0) is 14.6. The Bertz CT molecular complexity index is 466. The Hall–Kier alpha value is -1.68. The van der Waals surface area contributed by atoms with Gasteiger partial charge in [0.25, 0.3) is 0 Å². The van der Waals surface area contributed by atoms with Crippen LogP contribution in [0.5, 0.6) is 0 Å². The number of nitrogens with zero attached hydrogens (tertiary/aromatic N) is 2. The highest BCUT2D eigenvalue weighted by molar-refractivity contribution is 5.73. The van der Waals surface area contributed by atoms with Crippen molar-refractivity contribution in [1.82, 2.24) is 0 Å². The van der Waals surface area contributed by atoms with Crippen LogP contribution < -0.4 is 0 Å². The summed E-state index contributed by atoms with van der Waals surface area (Å²) in [5, 5.41) is 18.2. The average molecular weight is 272 g/mol. The van der Waals surface area contributed by atoms with Crippen molar-refractivity contribution < 1.29 is 9.59 Å². The van der Waals surface area contributed by atoms with Gasteiger partial charge in [-0.15, -0.1) is 0 Å². The summed E-state index contributed by atoms with van der Waals surface area (Å²) in [6, 6.07) is 4.53. The number of rotatable bonds is 3. The third-order valence-corrected chi connectivity index (χ3v) is 5.47. The second-order valence-corrected chi connectivity index (χ2v) is 6.37. The van der Waals surface area contributed by atoms with Crippen molar-refractivity contribution in [1.29, 1.82) is 10.5 Å². The number of hydrogen-bond donors (Lipinski definition) is 0. The van der Waals surface area contributed by atoms with Crippen LogP contribution in [0.15, 0.2) is 0 Å². The molecule has 0 aromatic heterocycles. The van der Waals surface area contributed by atoms with E-state index in [9.17, 15) is 9.59 Å². The van der Waals surface area contributed by atoms with Gasteiger partial charge in [-0.3, -0.25) is 0 Å². The summed E-state index contributed by atoms with van der Waals surface area (Å²) in [4.78, 5) is 23.6. The molecule has 20 heavy (non-hydrogen) atoms. The lowest BCUT2D eigenvalue weighted by molar-refractivity contribution is -0.143. The Morgan fingerprint density at radius 1 is 0.850 bits per heavy atom. The number of hydrogen-bond acceptors (Lipinski definition) is 4. The lowest BCUT2D eigenvalue weighted by Crippen LogP contribution is -2.49. The maximum Gasteiger partial charge on any atom is 0.127 e. The third kappa shape index (κ3) is 2.24. The van der Waals surface area contributed by atoms with Crippen molar-refractivity contribution in [2.45, 2.75) is 51.4 Å². The topological polar surface area (TPSA) is 81.7 Å². The number of aldehydes is 2. The molecule has 2 aliphatic rings. The summed E-state index contributed by atoms with van der Waals surface area (Å²) >= 11 is 0. The quantitative estimate of drug-likeness (QED) is 0.740. The first-order valence-electron chi connectivity index (χ1n) is 7.37. The van der Waals surface area contributed by atoms with Crippen molar-refractivity contribution in [2.75, 3.05) is 0 Å². The Balaban J connectivity index is 2.29. The predicted molar refractivity (Wildman–Crippen MR) is 72.1 cm³/mol. The lowest BCUT2D eigenvalue weighted by Gasteiger charge is -2.49. The largest absolute Gasteiger partial charge is 0.303 e. The first-order chi connectivity index (χ1) is 9.65. The van der Waals surface area contributed by atoms with Gasteiger partial charge in [0.2, 0.25) is 0 Å². The zero-order valence-corrected chi connectivity index (χ0v) is 11.7. The van der Waals surface area contributed by atoms with Crippen LogP contribution in [0.1, 0.15) is 51.4 Å². The Morgan fingerprint density at radius 3 is 1.95 bits per heavy atom. The van der Waals surface area contributed by atoms with Crippen LogP contribution in [0.3, 0.4) is 0 Å². The standard InChI is InChI=1S/C16H20N2O2/c17-9-13-3-6-15(11-19,7-4-13)16(12-20)5-1-2-14(8-16)10-18/h11-14H,1-8H2. The minimum atomic E-state index is -0.687. The van der Waals surface area contributed by atoms with Crippen molar-refractivity contribution in [2.24, 2.45) is 22.7 Å². The molecule has 2 unspecified atom stereocenters. The van der Waals surface area contributed by atoms with Gasteiger partial charge in [-0.2, -0.15) is 10.5 Å². The molecule has 2 fully saturated rings. The van der Waals surface area contributed by atoms with Gasteiger partial charge in [0.05, 0.1) is 12.1 Å². The van der Waals surface area contributed by atoms with Crippen LogP contribution in [-0.4, -0.2) is 12.6 Å². The first-order valence-corrected chi connectivity index (χ1v) is 7.37. The second kappa shape index (κ2) is 5.75. The van der Waals surface area contributed by atoms with E-state index in [-0.39, 0.29) is 11.8 Å². The van der Waals surface area contributed by atoms with Crippen LogP contribution in [0.2, 0.25) is 0 Å². The van der Waals surface area contributed by atoms with E-state index in [0.29, 0.717) is 38.5 Å². The summed E-state index contributed by atoms with van der Waals surface area (Å²) in [6.45, 7) is 0. The van der Waals surface area contributed by atoms with Gasteiger partial charge >= 0.3 is 0 Å². The van der Waals surface area contributed by atoms with Gasteiger partial charge < -0.3 is 9.59 Å². The van der Waals surface area contributed by atoms with Crippen molar-refractivity contribution >= 4 is 12.6 Å². The molecule has 0 spiro atoms. The van der Waals surface area contributed by atoms with Gasteiger partial charge in [-0.1, -0.05) is 6.42 Å². The second-order valence-electron chi connectivity index (χ2n) is 6.37. The minimum absolute atomic E-state index is 0.00197. The van der Waals surface area contributed by atoms with E-state index < -0.39 is 10.8 Å². The molecule has 0 aliphatic heterocycles. The van der Waals surface area contributed by atoms with Crippen LogP contribution in [0.4, 0.5) is 0 Å². The van der Waals surface area contributed by atoms with E-state index in [1.165, 1.54) is 0 Å². The molecule has 0 N–H and O–H groups in total. The molecule has 2 aliphatic carbocycles. The number of nitriles is 2. The fourth-order valence-corrected chi connectivity index (χ4v) is 4.09. The maximum absolute atomic E-state index is 11.8. The SMILES string of the molecule is N#CC1CCC(C=O)(C2(C=O)CCCC(C#N)C2)CC1. The van der Waals surface area contributed by atoms with Crippen molar-refractivity contribution in [3.63, 3.8) is 0 Å². The Labute approximate surface area is 119 Å². The normalized spacial score (nSPS) is 41.1. The summed E-state index contributed by atoms with van der Waals surface area (Å²) in [7, 11) is 0. The smallest absolute Gasteiger partial charge is 0.127 e. The van der Waals surface area contributed by atoms with Crippen molar-refractivity contribution in [3.8, 4) is 12.1 Å². The molecule has 0 amide bonds. The van der Waals surface area contributed by atoms with Gasteiger partial charge in [-0.05, 0) is 44.9 Å². The monoisotopic (exact) mass is 272 g/mol. The van der Waals surface area contributed by atoms with Gasteiger partial charge in [0.1, 0.15) is 12.6 Å². The minimum Gasteiger partial charge on any atom is -0.303 e. The molecule has 0 bridgehead atoms. The molecule has 0 aromatic carbocycles. The molecule has 0 saturated heterocycles. The summed E-state index contributed by atoms with van der Waals surface area (Å²) < 4.78 is 0. The van der Waals surface area contributed by atoms with Crippen molar-refractivity contribution in [3.05, 3.63) is 0 Å². The van der Waals surface area contributed by atoms with Gasteiger partial charge in [0, 0.05) is 22.7 Å². The van der Waals surface area contributed by atoms with E-state index >= 15 is 0 Å². The molecular formula is C16H20N2O2. The molecular weight excluding hydrogens is 252 g/mol. The molecule has 2 atom stereocenters. The maximum atomic E-state index is 11.8. The molecule has 0 heterocycles.